The zero-order chi connectivity index (χ0) is 16.0. The number of hydrogen-bond donors (Lipinski definition) is 3. The van der Waals surface area contributed by atoms with Gasteiger partial charge in [0.1, 0.15) is 5.82 Å². The Hall–Kier alpha value is -2.63. The Morgan fingerprint density at radius 3 is 2.87 bits per heavy atom. The fourth-order valence-electron chi connectivity index (χ4n) is 2.90. The molecule has 4 rings (SSSR count). The molecule has 6 nitrogen and oxygen atoms in total. The van der Waals surface area contributed by atoms with Crippen molar-refractivity contribution in [2.24, 2.45) is 0 Å². The van der Waals surface area contributed by atoms with Crippen molar-refractivity contribution in [2.75, 3.05) is 0 Å². The van der Waals surface area contributed by atoms with Gasteiger partial charge < -0.3 is 10.3 Å². The van der Waals surface area contributed by atoms with E-state index in [9.17, 15) is 4.79 Å². The van der Waals surface area contributed by atoms with Crippen LogP contribution in [0.2, 0.25) is 0 Å². The molecule has 3 N–H and O–H groups in total. The molecular formula is C17H19N5O. The molecular weight excluding hydrogens is 290 g/mol. The zero-order valence-electron chi connectivity index (χ0n) is 13.2. The van der Waals surface area contributed by atoms with Gasteiger partial charge in [0.15, 0.2) is 0 Å². The Morgan fingerprint density at radius 1 is 1.35 bits per heavy atom. The van der Waals surface area contributed by atoms with Crippen LogP contribution in [0.1, 0.15) is 59.3 Å². The monoisotopic (exact) mass is 309 g/mol. The average molecular weight is 309 g/mol. The molecule has 2 aromatic heterocycles. The van der Waals surface area contributed by atoms with Crippen LogP contribution in [0.15, 0.2) is 24.3 Å². The molecule has 118 valence electrons. The summed E-state index contributed by atoms with van der Waals surface area (Å²) >= 11 is 0. The third-order valence-corrected chi connectivity index (χ3v) is 4.33. The largest absolute Gasteiger partial charge is 0.342 e. The zero-order valence-corrected chi connectivity index (χ0v) is 13.2. The Balaban J connectivity index is 1.57. The van der Waals surface area contributed by atoms with Gasteiger partial charge in [0.25, 0.3) is 5.91 Å². The van der Waals surface area contributed by atoms with E-state index in [-0.39, 0.29) is 11.9 Å². The number of para-hydroxylation sites is 2. The molecule has 0 saturated heterocycles. The Morgan fingerprint density at radius 2 is 2.13 bits per heavy atom. The maximum Gasteiger partial charge on any atom is 0.255 e. The number of amides is 1. The number of hydrogen-bond acceptors (Lipinski definition) is 3. The van der Waals surface area contributed by atoms with Crippen LogP contribution < -0.4 is 5.32 Å². The number of aromatic amines is 2. The highest BCUT2D eigenvalue weighted by atomic mass is 16.1. The van der Waals surface area contributed by atoms with Crippen molar-refractivity contribution in [2.45, 2.75) is 38.6 Å². The topological polar surface area (TPSA) is 86.5 Å². The molecule has 0 spiro atoms. The lowest BCUT2D eigenvalue weighted by molar-refractivity contribution is 0.0937. The van der Waals surface area contributed by atoms with Crippen molar-refractivity contribution in [1.29, 1.82) is 0 Å². The molecule has 0 radical (unpaired) electrons. The SMILES string of the molecule is Cc1[nH]nc(C2CC2)c1C(=O)N[C@H](C)c1nc2ccccc2[nH]1. The molecule has 1 aliphatic carbocycles. The fourth-order valence-corrected chi connectivity index (χ4v) is 2.90. The maximum atomic E-state index is 12.7. The average Bonchev–Trinajstić information content (AvgIpc) is 3.16. The number of carbonyl (C=O) groups is 1. The lowest BCUT2D eigenvalue weighted by Gasteiger charge is -2.12. The third-order valence-electron chi connectivity index (χ3n) is 4.33. The summed E-state index contributed by atoms with van der Waals surface area (Å²) in [7, 11) is 0. The van der Waals surface area contributed by atoms with Gasteiger partial charge in [-0.15, -0.1) is 0 Å². The highest BCUT2D eigenvalue weighted by molar-refractivity contribution is 5.97. The van der Waals surface area contributed by atoms with Crippen molar-refractivity contribution >= 4 is 16.9 Å². The molecule has 1 atom stereocenters. The number of H-pyrrole nitrogens is 2. The minimum Gasteiger partial charge on any atom is -0.342 e. The molecule has 1 fully saturated rings. The third kappa shape index (κ3) is 2.50. The fraction of sp³-hybridized carbons (Fsp3) is 0.353. The van der Waals surface area contributed by atoms with Crippen LogP contribution in [-0.4, -0.2) is 26.1 Å². The van der Waals surface area contributed by atoms with Crippen molar-refractivity contribution < 1.29 is 4.79 Å². The van der Waals surface area contributed by atoms with Gasteiger partial charge in [0.2, 0.25) is 0 Å². The Labute approximate surface area is 133 Å². The van der Waals surface area contributed by atoms with Gasteiger partial charge in [0, 0.05) is 11.6 Å². The van der Waals surface area contributed by atoms with Crippen LogP contribution in [0.5, 0.6) is 0 Å². The molecule has 0 aliphatic heterocycles. The first-order chi connectivity index (χ1) is 11.1. The minimum absolute atomic E-state index is 0.0916. The summed E-state index contributed by atoms with van der Waals surface area (Å²) in [5, 5.41) is 10.3. The van der Waals surface area contributed by atoms with Gasteiger partial charge in [-0.1, -0.05) is 12.1 Å². The van der Waals surface area contributed by atoms with Crippen molar-refractivity contribution in [3.8, 4) is 0 Å². The molecule has 0 bridgehead atoms. The van der Waals surface area contributed by atoms with Gasteiger partial charge in [-0.25, -0.2) is 4.98 Å². The van der Waals surface area contributed by atoms with E-state index >= 15 is 0 Å². The summed E-state index contributed by atoms with van der Waals surface area (Å²) in [4.78, 5) is 20.5. The molecule has 0 unspecified atom stereocenters. The van der Waals surface area contributed by atoms with E-state index in [0.717, 1.165) is 41.1 Å². The summed E-state index contributed by atoms with van der Waals surface area (Å²) in [6, 6.07) is 7.65. The Bertz CT molecular complexity index is 841. The second-order valence-electron chi connectivity index (χ2n) is 6.22. The molecule has 1 aliphatic rings. The first kappa shape index (κ1) is 14.0. The summed E-state index contributed by atoms with van der Waals surface area (Å²) in [5.74, 6) is 1.10. The predicted molar refractivity (Wildman–Crippen MR) is 87.3 cm³/mol. The number of nitrogens with zero attached hydrogens (tertiary/aromatic N) is 2. The lowest BCUT2D eigenvalue weighted by atomic mass is 10.1. The van der Waals surface area contributed by atoms with Crippen molar-refractivity contribution in [3.05, 3.63) is 47.0 Å². The number of rotatable bonds is 4. The van der Waals surface area contributed by atoms with Crippen molar-refractivity contribution in [1.82, 2.24) is 25.5 Å². The van der Waals surface area contributed by atoms with E-state index < -0.39 is 0 Å². The standard InChI is InChI=1S/C17H19N5O/c1-9-14(15(22-21-9)11-7-8-11)17(23)18-10(2)16-19-12-5-3-4-6-13(12)20-16/h3-6,10-11H,7-8H2,1-2H3,(H,18,23)(H,19,20)(H,21,22)/t10-/m1/s1. The second kappa shape index (κ2) is 5.22. The summed E-state index contributed by atoms with van der Waals surface area (Å²) < 4.78 is 0. The van der Waals surface area contributed by atoms with Crippen LogP contribution in [0.4, 0.5) is 0 Å². The minimum atomic E-state index is -0.198. The van der Waals surface area contributed by atoms with Crippen LogP contribution in [0.25, 0.3) is 11.0 Å². The normalized spacial score (nSPS) is 15.7. The number of fused-ring (bicyclic) bond motifs is 1. The molecule has 3 aromatic rings. The van der Waals surface area contributed by atoms with E-state index in [1.807, 2.05) is 38.1 Å². The molecule has 1 amide bonds. The van der Waals surface area contributed by atoms with E-state index in [4.69, 9.17) is 0 Å². The lowest BCUT2D eigenvalue weighted by Crippen LogP contribution is -2.28. The smallest absolute Gasteiger partial charge is 0.255 e. The maximum absolute atomic E-state index is 12.7. The van der Waals surface area contributed by atoms with Gasteiger partial charge >= 0.3 is 0 Å². The van der Waals surface area contributed by atoms with E-state index in [2.05, 4.69) is 25.5 Å². The van der Waals surface area contributed by atoms with Crippen LogP contribution >= 0.6 is 0 Å². The predicted octanol–water partition coefficient (Wildman–Crippen LogP) is 2.96. The van der Waals surface area contributed by atoms with E-state index in [0.29, 0.717) is 11.5 Å². The highest BCUT2D eigenvalue weighted by Gasteiger charge is 2.32. The molecule has 23 heavy (non-hydrogen) atoms. The first-order valence-electron chi connectivity index (χ1n) is 7.94. The number of carbonyl (C=O) groups excluding carboxylic acids is 1. The molecule has 1 saturated carbocycles. The van der Waals surface area contributed by atoms with E-state index in [1.54, 1.807) is 0 Å². The molecule has 6 heteroatoms. The summed E-state index contributed by atoms with van der Waals surface area (Å²) in [6.45, 7) is 3.82. The van der Waals surface area contributed by atoms with E-state index in [1.165, 1.54) is 0 Å². The summed E-state index contributed by atoms with van der Waals surface area (Å²) in [5.41, 5.74) is 4.29. The van der Waals surface area contributed by atoms with Crippen LogP contribution in [0, 0.1) is 6.92 Å². The first-order valence-corrected chi connectivity index (χ1v) is 7.94. The summed E-state index contributed by atoms with van der Waals surface area (Å²) in [6.07, 6.45) is 2.23. The van der Waals surface area contributed by atoms with Gasteiger partial charge in [-0.05, 0) is 38.8 Å². The number of imidazole rings is 1. The van der Waals surface area contributed by atoms with Gasteiger partial charge in [-0.3, -0.25) is 9.89 Å². The Kier molecular flexibility index (Phi) is 3.18. The second-order valence-corrected chi connectivity index (χ2v) is 6.22. The molecule has 1 aromatic carbocycles. The van der Waals surface area contributed by atoms with Crippen LogP contribution in [0.3, 0.4) is 0 Å². The molecule has 2 heterocycles. The number of aryl methyl sites for hydroxylation is 1. The quantitative estimate of drug-likeness (QED) is 0.692. The van der Waals surface area contributed by atoms with Gasteiger partial charge in [-0.2, -0.15) is 5.10 Å². The highest BCUT2D eigenvalue weighted by Crippen LogP contribution is 2.41. The number of benzene rings is 1. The van der Waals surface area contributed by atoms with Gasteiger partial charge in [0.05, 0.1) is 28.3 Å². The van der Waals surface area contributed by atoms with Crippen LogP contribution in [-0.2, 0) is 0 Å². The van der Waals surface area contributed by atoms with Crippen molar-refractivity contribution in [3.63, 3.8) is 0 Å². The number of nitrogens with one attached hydrogen (secondary N) is 3. The number of aromatic nitrogens is 4.